The van der Waals surface area contributed by atoms with Crippen LogP contribution in [0.15, 0.2) is 43.7 Å². The van der Waals surface area contributed by atoms with Crippen molar-refractivity contribution in [2.45, 2.75) is 30.3 Å². The number of aromatic nitrogens is 4. The van der Waals surface area contributed by atoms with Gasteiger partial charge in [0.2, 0.25) is 5.95 Å². The van der Waals surface area contributed by atoms with Gasteiger partial charge in [0.15, 0.2) is 11.2 Å². The summed E-state index contributed by atoms with van der Waals surface area (Å²) >= 11 is 1.66. The summed E-state index contributed by atoms with van der Waals surface area (Å²) < 4.78 is 2.66. The topological polar surface area (TPSA) is 114 Å². The van der Waals surface area contributed by atoms with Gasteiger partial charge in [0, 0.05) is 42.5 Å². The molecular weight excluding hydrogens is 402 g/mol. The van der Waals surface area contributed by atoms with E-state index in [2.05, 4.69) is 15.0 Å². The molecular formula is C20H23N7O2S. The van der Waals surface area contributed by atoms with Crippen molar-refractivity contribution >= 4 is 40.3 Å². The van der Waals surface area contributed by atoms with E-state index in [1.165, 1.54) is 9.13 Å². The first kappa shape index (κ1) is 19.1. The summed E-state index contributed by atoms with van der Waals surface area (Å²) in [6.45, 7) is 1.66. The number of nitrogens with one attached hydrogen (secondary N) is 1. The number of anilines is 1. The van der Waals surface area contributed by atoms with E-state index in [9.17, 15) is 9.59 Å². The van der Waals surface area contributed by atoms with Crippen molar-refractivity contribution in [2.75, 3.05) is 23.7 Å². The van der Waals surface area contributed by atoms with E-state index < -0.39 is 5.69 Å². The molecule has 1 aromatic carbocycles. The van der Waals surface area contributed by atoms with Gasteiger partial charge in [-0.25, -0.2) is 4.79 Å². The molecule has 0 aliphatic carbocycles. The van der Waals surface area contributed by atoms with Gasteiger partial charge < -0.3 is 15.6 Å². The summed E-state index contributed by atoms with van der Waals surface area (Å²) in [5.74, 6) is 1.23. The van der Waals surface area contributed by atoms with Crippen LogP contribution in [0.25, 0.3) is 11.2 Å². The Balaban J connectivity index is 1.54. The van der Waals surface area contributed by atoms with Crippen LogP contribution in [-0.2, 0) is 13.6 Å². The first-order valence-electron chi connectivity index (χ1n) is 9.99. The molecule has 5 rings (SSSR count). The molecule has 156 valence electrons. The molecule has 1 fully saturated rings. The molecule has 1 atom stereocenters. The van der Waals surface area contributed by atoms with E-state index in [-0.39, 0.29) is 18.1 Å². The summed E-state index contributed by atoms with van der Waals surface area (Å²) in [6, 6.07) is 7.96. The second-order valence-corrected chi connectivity index (χ2v) is 8.79. The second-order valence-electron chi connectivity index (χ2n) is 7.77. The molecule has 3 aromatic rings. The molecule has 10 heteroatoms. The van der Waals surface area contributed by atoms with Crippen LogP contribution in [0.4, 0.5) is 11.6 Å². The molecule has 0 saturated carbocycles. The van der Waals surface area contributed by atoms with Crippen LogP contribution in [0.1, 0.15) is 12.8 Å². The fraction of sp³-hybridized carbons (Fsp3) is 0.400. The van der Waals surface area contributed by atoms with Crippen LogP contribution >= 0.6 is 11.8 Å². The predicted octanol–water partition coefficient (Wildman–Crippen LogP) is 1.23. The van der Waals surface area contributed by atoms with Gasteiger partial charge in [-0.3, -0.25) is 18.9 Å². The number of piperidine rings is 1. The lowest BCUT2D eigenvalue weighted by Gasteiger charge is -2.30. The van der Waals surface area contributed by atoms with E-state index in [4.69, 9.17) is 5.73 Å². The summed E-state index contributed by atoms with van der Waals surface area (Å²) in [4.78, 5) is 41.6. The number of para-hydroxylation sites is 1. The number of aliphatic imine (C=N–C) groups is 1. The zero-order valence-corrected chi connectivity index (χ0v) is 17.5. The highest BCUT2D eigenvalue weighted by atomic mass is 32.2. The maximum Gasteiger partial charge on any atom is 0.332 e. The molecule has 30 heavy (non-hydrogen) atoms. The summed E-state index contributed by atoms with van der Waals surface area (Å²) in [5.41, 5.74) is 7.67. The quantitative estimate of drug-likeness (QED) is 0.652. The second kappa shape index (κ2) is 7.44. The first-order valence-corrected chi connectivity index (χ1v) is 11.0. The Kier molecular flexibility index (Phi) is 4.75. The number of nitrogens with zero attached hydrogens (tertiary/aromatic N) is 5. The van der Waals surface area contributed by atoms with Crippen molar-refractivity contribution in [2.24, 2.45) is 17.8 Å². The summed E-state index contributed by atoms with van der Waals surface area (Å²) in [7, 11) is 1.64. The van der Waals surface area contributed by atoms with Gasteiger partial charge in [0.25, 0.3) is 5.56 Å². The fourth-order valence-corrected chi connectivity index (χ4v) is 4.94. The lowest BCUT2D eigenvalue weighted by Crippen LogP contribution is -2.43. The molecule has 0 bridgehead atoms. The number of aromatic amines is 1. The minimum absolute atomic E-state index is 0.0807. The van der Waals surface area contributed by atoms with Crippen LogP contribution in [0.3, 0.4) is 0 Å². The van der Waals surface area contributed by atoms with Crippen LogP contribution in [-0.4, -0.2) is 49.7 Å². The molecule has 0 spiro atoms. The van der Waals surface area contributed by atoms with Crippen molar-refractivity contribution in [1.29, 1.82) is 0 Å². The number of benzene rings is 1. The highest BCUT2D eigenvalue weighted by Crippen LogP contribution is 2.33. The van der Waals surface area contributed by atoms with Crippen molar-refractivity contribution < 1.29 is 0 Å². The van der Waals surface area contributed by atoms with Crippen molar-refractivity contribution in [3.63, 3.8) is 0 Å². The van der Waals surface area contributed by atoms with Gasteiger partial charge in [-0.2, -0.15) is 4.98 Å². The number of H-pyrrole nitrogens is 1. The lowest BCUT2D eigenvalue weighted by molar-refractivity contribution is 0.501. The van der Waals surface area contributed by atoms with Gasteiger partial charge in [-0.1, -0.05) is 12.1 Å². The minimum Gasteiger partial charge on any atom is -0.341 e. The van der Waals surface area contributed by atoms with Gasteiger partial charge in [-0.15, -0.1) is 11.8 Å². The van der Waals surface area contributed by atoms with Gasteiger partial charge >= 0.3 is 5.69 Å². The standard InChI is InChI=1S/C20H23N7O2S/c1-25-17-16(23-19(24-17)26-8-4-5-12(21)9-26)18(28)27(20(25)29)10-13-11-30-15-7-3-2-6-14(15)22-13/h2-3,6-7,12H,4-5,8-11,21H2,1H3,(H,23,24). The summed E-state index contributed by atoms with van der Waals surface area (Å²) in [6.07, 6.45) is 1.95. The molecule has 2 aromatic heterocycles. The van der Waals surface area contributed by atoms with Crippen LogP contribution < -0.4 is 21.9 Å². The van der Waals surface area contributed by atoms with Gasteiger partial charge in [-0.05, 0) is 25.0 Å². The van der Waals surface area contributed by atoms with Gasteiger partial charge in [0.1, 0.15) is 0 Å². The monoisotopic (exact) mass is 425 g/mol. The first-order chi connectivity index (χ1) is 14.5. The molecule has 2 aliphatic heterocycles. The Morgan fingerprint density at radius 3 is 2.97 bits per heavy atom. The van der Waals surface area contributed by atoms with Crippen LogP contribution in [0, 0.1) is 0 Å². The third-order valence-electron chi connectivity index (χ3n) is 5.60. The van der Waals surface area contributed by atoms with E-state index in [1.807, 2.05) is 29.2 Å². The van der Waals surface area contributed by atoms with E-state index in [0.717, 1.165) is 35.7 Å². The Morgan fingerprint density at radius 1 is 1.30 bits per heavy atom. The fourth-order valence-electron chi connectivity index (χ4n) is 4.03. The predicted molar refractivity (Wildman–Crippen MR) is 119 cm³/mol. The average molecular weight is 426 g/mol. The highest BCUT2D eigenvalue weighted by Gasteiger charge is 2.23. The molecule has 0 amide bonds. The molecule has 4 heterocycles. The third kappa shape index (κ3) is 3.25. The molecule has 3 N–H and O–H groups in total. The third-order valence-corrected chi connectivity index (χ3v) is 6.74. The number of rotatable bonds is 3. The number of hydrogen-bond acceptors (Lipinski definition) is 7. The maximum atomic E-state index is 13.2. The van der Waals surface area contributed by atoms with Crippen LogP contribution in [0.5, 0.6) is 0 Å². The van der Waals surface area contributed by atoms with E-state index in [0.29, 0.717) is 29.4 Å². The highest BCUT2D eigenvalue weighted by molar-refractivity contribution is 8.00. The SMILES string of the molecule is Cn1c(=O)n(CC2=Nc3ccccc3SC2)c(=O)c2[nH]c(N3CCCC(N)C3)nc21. The van der Waals surface area contributed by atoms with Crippen molar-refractivity contribution in [1.82, 2.24) is 19.1 Å². The summed E-state index contributed by atoms with van der Waals surface area (Å²) in [5, 5.41) is 0. The molecule has 1 unspecified atom stereocenters. The average Bonchev–Trinajstić information content (AvgIpc) is 3.21. The van der Waals surface area contributed by atoms with Crippen molar-refractivity contribution in [3.8, 4) is 0 Å². The van der Waals surface area contributed by atoms with E-state index in [1.54, 1.807) is 18.8 Å². The Bertz CT molecular complexity index is 1270. The Morgan fingerprint density at radius 2 is 2.13 bits per heavy atom. The number of hydrogen-bond donors (Lipinski definition) is 2. The molecule has 1 saturated heterocycles. The van der Waals surface area contributed by atoms with Crippen molar-refractivity contribution in [3.05, 3.63) is 45.1 Å². The molecule has 0 radical (unpaired) electrons. The normalized spacial score (nSPS) is 19.1. The Hall–Kier alpha value is -2.85. The number of fused-ring (bicyclic) bond motifs is 2. The lowest BCUT2D eigenvalue weighted by atomic mass is 10.1. The number of nitrogens with two attached hydrogens (primary N) is 1. The van der Waals surface area contributed by atoms with Gasteiger partial charge in [0.05, 0.1) is 12.2 Å². The van der Waals surface area contributed by atoms with E-state index >= 15 is 0 Å². The maximum absolute atomic E-state index is 13.2. The van der Waals surface area contributed by atoms with Crippen LogP contribution in [0.2, 0.25) is 0 Å². The zero-order valence-electron chi connectivity index (χ0n) is 16.7. The largest absolute Gasteiger partial charge is 0.341 e. The Labute approximate surface area is 176 Å². The smallest absolute Gasteiger partial charge is 0.332 e. The number of imidazole rings is 1. The molecule has 2 aliphatic rings. The number of aryl methyl sites for hydroxylation is 1. The number of thioether (sulfide) groups is 1. The minimum atomic E-state index is -0.396. The molecule has 9 nitrogen and oxygen atoms in total. The zero-order chi connectivity index (χ0) is 20.8.